The van der Waals surface area contributed by atoms with Crippen molar-refractivity contribution in [2.45, 2.75) is 6.18 Å². The van der Waals surface area contributed by atoms with Crippen LogP contribution in [0.2, 0.25) is 5.02 Å². The highest BCUT2D eigenvalue weighted by Crippen LogP contribution is 2.35. The first kappa shape index (κ1) is 17.2. The number of anilines is 1. The summed E-state index contributed by atoms with van der Waals surface area (Å²) in [5.41, 5.74) is 4.79. The second kappa shape index (κ2) is 6.55. The van der Waals surface area contributed by atoms with Gasteiger partial charge in [0, 0.05) is 5.56 Å². The molecular formula is C13H8ClF3N2O3S. The largest absolute Gasteiger partial charge is 0.452 e. The van der Waals surface area contributed by atoms with Gasteiger partial charge in [-0.2, -0.15) is 13.2 Å². The Morgan fingerprint density at radius 3 is 2.52 bits per heavy atom. The molecule has 0 saturated carbocycles. The van der Waals surface area contributed by atoms with Gasteiger partial charge in [-0.3, -0.25) is 4.79 Å². The third-order valence-electron chi connectivity index (χ3n) is 2.60. The molecule has 0 amide bonds. The minimum Gasteiger partial charge on any atom is -0.452 e. The second-order valence-electron chi connectivity index (χ2n) is 4.21. The first-order valence-electron chi connectivity index (χ1n) is 5.98. The summed E-state index contributed by atoms with van der Waals surface area (Å²) in [6.45, 7) is -0.694. The lowest BCUT2D eigenvalue weighted by molar-refractivity contribution is -0.137. The molecule has 0 aliphatic heterocycles. The summed E-state index contributed by atoms with van der Waals surface area (Å²) < 4.78 is 42.1. The Labute approximate surface area is 136 Å². The van der Waals surface area contributed by atoms with E-state index in [1.165, 1.54) is 12.1 Å². The van der Waals surface area contributed by atoms with Crippen molar-refractivity contribution < 1.29 is 27.5 Å². The number of thiazole rings is 1. The highest BCUT2D eigenvalue weighted by molar-refractivity contribution is 7.16. The fraction of sp³-hybridized carbons (Fsp3) is 0.154. The summed E-state index contributed by atoms with van der Waals surface area (Å²) in [6, 6.07) is 6.08. The van der Waals surface area contributed by atoms with Gasteiger partial charge in [-0.15, -0.1) is 0 Å². The van der Waals surface area contributed by atoms with E-state index in [2.05, 4.69) is 9.72 Å². The molecule has 0 fully saturated rings. The number of Topliss-reactive ketones (excluding diaryl/α,β-unsaturated/α-hetero) is 1. The van der Waals surface area contributed by atoms with Gasteiger partial charge in [0.05, 0.1) is 5.02 Å². The predicted octanol–water partition coefficient (Wildman–Crippen LogP) is 3.44. The number of aromatic nitrogens is 1. The van der Waals surface area contributed by atoms with Crippen LogP contribution in [0.4, 0.5) is 18.2 Å². The van der Waals surface area contributed by atoms with E-state index in [0.717, 1.165) is 0 Å². The number of carbonyl (C=O) groups is 2. The number of benzene rings is 1. The summed E-state index contributed by atoms with van der Waals surface area (Å²) in [5.74, 6) is -1.82. The molecule has 0 saturated heterocycles. The topological polar surface area (TPSA) is 82.3 Å². The van der Waals surface area contributed by atoms with Gasteiger partial charge in [0.15, 0.2) is 12.3 Å². The van der Waals surface area contributed by atoms with Gasteiger partial charge < -0.3 is 10.5 Å². The highest BCUT2D eigenvalue weighted by atomic mass is 35.5. The number of hydrogen-bond donors (Lipinski definition) is 1. The van der Waals surface area contributed by atoms with Crippen LogP contribution >= 0.6 is 22.9 Å². The number of alkyl halides is 3. The van der Waals surface area contributed by atoms with Crippen molar-refractivity contribution in [1.82, 2.24) is 4.98 Å². The number of nitrogen functional groups attached to an aromatic ring is 1. The Kier molecular flexibility index (Phi) is 4.90. The Bertz CT molecular complexity index is 761. The maximum Gasteiger partial charge on any atom is 0.443 e. The smallest absolute Gasteiger partial charge is 0.443 e. The number of esters is 1. The van der Waals surface area contributed by atoms with Gasteiger partial charge >= 0.3 is 12.1 Å². The molecule has 1 aromatic heterocycles. The van der Waals surface area contributed by atoms with E-state index in [0.29, 0.717) is 0 Å². The van der Waals surface area contributed by atoms with Crippen molar-refractivity contribution in [2.24, 2.45) is 0 Å². The lowest BCUT2D eigenvalue weighted by atomic mass is 10.1. The summed E-state index contributed by atoms with van der Waals surface area (Å²) in [6.07, 6.45) is -4.72. The Morgan fingerprint density at radius 2 is 1.96 bits per heavy atom. The zero-order chi connectivity index (χ0) is 17.2. The maximum absolute atomic E-state index is 12.5. The molecule has 0 aliphatic carbocycles. The van der Waals surface area contributed by atoms with E-state index in [-0.39, 0.29) is 21.9 Å². The molecule has 0 radical (unpaired) electrons. The first-order valence-corrected chi connectivity index (χ1v) is 7.18. The van der Waals surface area contributed by atoms with Crippen molar-refractivity contribution in [1.29, 1.82) is 0 Å². The molecule has 0 spiro atoms. The zero-order valence-electron chi connectivity index (χ0n) is 11.2. The second-order valence-corrected chi connectivity index (χ2v) is 5.65. The monoisotopic (exact) mass is 364 g/mol. The van der Waals surface area contributed by atoms with Gasteiger partial charge in [0.25, 0.3) is 0 Å². The van der Waals surface area contributed by atoms with Crippen LogP contribution in [0.25, 0.3) is 0 Å². The molecule has 0 aliphatic rings. The molecule has 1 aromatic carbocycles. The average molecular weight is 365 g/mol. The van der Waals surface area contributed by atoms with Gasteiger partial charge in [0.2, 0.25) is 10.8 Å². The number of ketones is 1. The number of nitrogens with two attached hydrogens (primary N) is 1. The van der Waals surface area contributed by atoms with Gasteiger partial charge in [-0.05, 0) is 12.1 Å². The maximum atomic E-state index is 12.5. The molecule has 23 heavy (non-hydrogen) atoms. The van der Waals surface area contributed by atoms with Crippen LogP contribution in [0.15, 0.2) is 24.3 Å². The predicted molar refractivity (Wildman–Crippen MR) is 77.6 cm³/mol. The minimum absolute atomic E-state index is 0.118. The van der Waals surface area contributed by atoms with Crippen molar-refractivity contribution >= 4 is 39.7 Å². The van der Waals surface area contributed by atoms with Crippen LogP contribution in [0.3, 0.4) is 0 Å². The van der Waals surface area contributed by atoms with Gasteiger partial charge in [-0.1, -0.05) is 35.1 Å². The number of halogens is 4. The zero-order valence-corrected chi connectivity index (χ0v) is 12.8. The number of rotatable bonds is 4. The van der Waals surface area contributed by atoms with Crippen LogP contribution in [-0.4, -0.2) is 23.3 Å². The molecule has 2 aromatic rings. The number of hydrogen-bond acceptors (Lipinski definition) is 6. The number of ether oxygens (including phenoxy) is 1. The minimum atomic E-state index is -4.72. The first-order chi connectivity index (χ1) is 10.7. The quantitative estimate of drug-likeness (QED) is 0.663. The molecule has 0 bridgehead atoms. The third-order valence-corrected chi connectivity index (χ3v) is 3.86. The number of nitrogens with zero attached hydrogens (tertiary/aromatic N) is 1. The normalized spacial score (nSPS) is 11.3. The molecule has 1 heterocycles. The van der Waals surface area contributed by atoms with Crippen LogP contribution in [0.1, 0.15) is 25.9 Å². The lowest BCUT2D eigenvalue weighted by Crippen LogP contribution is -2.16. The van der Waals surface area contributed by atoms with Gasteiger partial charge in [-0.25, -0.2) is 9.78 Å². The molecule has 5 nitrogen and oxygen atoms in total. The Morgan fingerprint density at radius 1 is 1.30 bits per heavy atom. The summed E-state index contributed by atoms with van der Waals surface area (Å²) in [7, 11) is 0. The molecule has 2 N–H and O–H groups in total. The van der Waals surface area contributed by atoms with Crippen LogP contribution in [-0.2, 0) is 10.9 Å². The summed E-state index contributed by atoms with van der Waals surface area (Å²) in [5, 5.41) is -1.53. The van der Waals surface area contributed by atoms with Crippen molar-refractivity contribution in [3.05, 3.63) is 45.6 Å². The molecule has 0 atom stereocenters. The third kappa shape index (κ3) is 3.99. The lowest BCUT2D eigenvalue weighted by Gasteiger charge is -2.04. The molecular weight excluding hydrogens is 357 g/mol. The fourth-order valence-corrected chi connectivity index (χ4v) is 2.49. The molecule has 122 valence electrons. The Hall–Kier alpha value is -2.13. The van der Waals surface area contributed by atoms with Crippen molar-refractivity contribution in [3.63, 3.8) is 0 Å². The van der Waals surface area contributed by atoms with E-state index < -0.39 is 40.2 Å². The standard InChI is InChI=1S/C13H8ClF3N2O3S/c14-7-4-2-1-3-6(7)8(20)5-22-11(21)9-10(18)23-12(19-9)13(15,16)17/h1-4H,5,18H2. The SMILES string of the molecule is Nc1sc(C(F)(F)F)nc1C(=O)OCC(=O)c1ccccc1Cl. The fourth-order valence-electron chi connectivity index (χ4n) is 1.56. The highest BCUT2D eigenvalue weighted by Gasteiger charge is 2.37. The van der Waals surface area contributed by atoms with Crippen LogP contribution in [0, 0.1) is 0 Å². The Balaban J connectivity index is 2.07. The molecule has 10 heteroatoms. The van der Waals surface area contributed by atoms with Crippen molar-refractivity contribution in [2.75, 3.05) is 12.3 Å². The molecule has 2 rings (SSSR count). The van der Waals surface area contributed by atoms with E-state index >= 15 is 0 Å². The van der Waals surface area contributed by atoms with E-state index in [4.69, 9.17) is 17.3 Å². The summed E-state index contributed by atoms with van der Waals surface area (Å²) in [4.78, 5) is 26.7. The van der Waals surface area contributed by atoms with E-state index in [1.54, 1.807) is 12.1 Å². The average Bonchev–Trinajstić information content (AvgIpc) is 2.87. The number of carbonyl (C=O) groups excluding carboxylic acids is 2. The van der Waals surface area contributed by atoms with E-state index in [1.807, 2.05) is 0 Å². The van der Waals surface area contributed by atoms with Crippen molar-refractivity contribution in [3.8, 4) is 0 Å². The van der Waals surface area contributed by atoms with Crippen LogP contribution in [0.5, 0.6) is 0 Å². The summed E-state index contributed by atoms with van der Waals surface area (Å²) >= 11 is 5.93. The molecule has 0 unspecified atom stereocenters. The van der Waals surface area contributed by atoms with E-state index in [9.17, 15) is 22.8 Å². The van der Waals surface area contributed by atoms with Crippen LogP contribution < -0.4 is 5.73 Å². The van der Waals surface area contributed by atoms with Gasteiger partial charge in [0.1, 0.15) is 5.00 Å².